The maximum Gasteiger partial charge on any atom is 0.338 e. The predicted octanol–water partition coefficient (Wildman–Crippen LogP) is 1.76. The van der Waals surface area contributed by atoms with Gasteiger partial charge in [-0.15, -0.1) is 0 Å². The second-order valence-electron chi connectivity index (χ2n) is 5.67. The molecule has 0 fully saturated rings. The molecule has 132 valence electrons. The molecule has 2 N–H and O–H groups in total. The highest BCUT2D eigenvalue weighted by atomic mass is 16.7. The number of hydrogen-bond acceptors (Lipinski definition) is 6. The van der Waals surface area contributed by atoms with Crippen LogP contribution in [-0.4, -0.2) is 35.2 Å². The van der Waals surface area contributed by atoms with Crippen LogP contribution in [-0.2, 0) is 16.1 Å². The molecule has 0 unspecified atom stereocenters. The van der Waals surface area contributed by atoms with Gasteiger partial charge in [-0.05, 0) is 35.9 Å². The van der Waals surface area contributed by atoms with Gasteiger partial charge < -0.3 is 24.5 Å². The van der Waals surface area contributed by atoms with E-state index in [0.717, 1.165) is 16.6 Å². The van der Waals surface area contributed by atoms with Crippen molar-refractivity contribution in [3.05, 3.63) is 53.9 Å². The molecule has 1 aliphatic rings. The van der Waals surface area contributed by atoms with Gasteiger partial charge in [0.1, 0.15) is 0 Å². The van der Waals surface area contributed by atoms with Gasteiger partial charge in [0.15, 0.2) is 18.1 Å². The van der Waals surface area contributed by atoms with Crippen molar-refractivity contribution in [2.24, 2.45) is 0 Å². The van der Waals surface area contributed by atoms with E-state index >= 15 is 0 Å². The molecule has 0 saturated heterocycles. The van der Waals surface area contributed by atoms with Gasteiger partial charge in [0.2, 0.25) is 6.79 Å². The second kappa shape index (κ2) is 6.75. The van der Waals surface area contributed by atoms with Crippen LogP contribution in [0, 0.1) is 0 Å². The van der Waals surface area contributed by atoms with E-state index in [1.807, 2.05) is 6.07 Å². The molecule has 26 heavy (non-hydrogen) atoms. The Bertz CT molecular complexity index is 982. The number of esters is 1. The smallest absolute Gasteiger partial charge is 0.338 e. The number of carbonyl (C=O) groups excluding carboxylic acids is 2. The summed E-state index contributed by atoms with van der Waals surface area (Å²) < 4.78 is 15.6. The lowest BCUT2D eigenvalue weighted by Crippen LogP contribution is -2.28. The number of aromatic amines is 1. The van der Waals surface area contributed by atoms with Crippen molar-refractivity contribution in [2.75, 3.05) is 13.4 Å². The molecule has 4 rings (SSSR count). The molecule has 0 bridgehead atoms. The Morgan fingerprint density at radius 1 is 1.15 bits per heavy atom. The van der Waals surface area contributed by atoms with Crippen LogP contribution in [0.4, 0.5) is 0 Å². The number of ether oxygens (including phenoxy) is 3. The summed E-state index contributed by atoms with van der Waals surface area (Å²) in [5.74, 6) is 0.374. The Hall–Kier alpha value is -3.55. The molecule has 1 aliphatic heterocycles. The Balaban J connectivity index is 1.28. The average molecular weight is 353 g/mol. The third kappa shape index (κ3) is 3.30. The fraction of sp³-hybridized carbons (Fsp3) is 0.167. The number of rotatable bonds is 5. The molecule has 2 aromatic carbocycles. The monoisotopic (exact) mass is 353 g/mol. The predicted molar refractivity (Wildman–Crippen MR) is 90.8 cm³/mol. The zero-order chi connectivity index (χ0) is 17.9. The van der Waals surface area contributed by atoms with Gasteiger partial charge in [0, 0.05) is 6.54 Å². The van der Waals surface area contributed by atoms with Crippen LogP contribution >= 0.6 is 0 Å². The van der Waals surface area contributed by atoms with E-state index in [9.17, 15) is 9.59 Å². The molecule has 0 spiro atoms. The zero-order valence-corrected chi connectivity index (χ0v) is 13.7. The normalized spacial score (nSPS) is 12.2. The summed E-state index contributed by atoms with van der Waals surface area (Å²) in [7, 11) is 0. The van der Waals surface area contributed by atoms with Gasteiger partial charge >= 0.3 is 5.97 Å². The van der Waals surface area contributed by atoms with Crippen molar-refractivity contribution >= 4 is 22.9 Å². The number of benzene rings is 2. The van der Waals surface area contributed by atoms with Crippen molar-refractivity contribution in [1.82, 2.24) is 15.3 Å². The molecule has 1 amide bonds. The van der Waals surface area contributed by atoms with E-state index in [0.29, 0.717) is 23.6 Å². The van der Waals surface area contributed by atoms with Crippen LogP contribution in [0.5, 0.6) is 11.5 Å². The van der Waals surface area contributed by atoms with Gasteiger partial charge in [-0.2, -0.15) is 0 Å². The average Bonchev–Trinajstić information content (AvgIpc) is 3.32. The summed E-state index contributed by atoms with van der Waals surface area (Å²) in [4.78, 5) is 30.9. The first-order valence-electron chi connectivity index (χ1n) is 7.94. The highest BCUT2D eigenvalue weighted by molar-refractivity contribution is 5.94. The number of nitrogens with one attached hydrogen (secondary N) is 2. The maximum absolute atomic E-state index is 12.0. The molecule has 3 aromatic rings. The van der Waals surface area contributed by atoms with Gasteiger partial charge in [-0.3, -0.25) is 4.79 Å². The molecule has 0 aliphatic carbocycles. The fourth-order valence-corrected chi connectivity index (χ4v) is 2.58. The van der Waals surface area contributed by atoms with Crippen molar-refractivity contribution in [1.29, 1.82) is 0 Å². The summed E-state index contributed by atoms with van der Waals surface area (Å²) in [6, 6.07) is 10.4. The Morgan fingerprint density at radius 2 is 2.04 bits per heavy atom. The Morgan fingerprint density at radius 3 is 2.96 bits per heavy atom. The topological polar surface area (TPSA) is 103 Å². The van der Waals surface area contributed by atoms with E-state index in [2.05, 4.69) is 15.3 Å². The second-order valence-corrected chi connectivity index (χ2v) is 5.67. The minimum absolute atomic E-state index is 0.200. The van der Waals surface area contributed by atoms with Crippen LogP contribution in [0.25, 0.3) is 11.0 Å². The van der Waals surface area contributed by atoms with Gasteiger partial charge in [0.05, 0.1) is 22.9 Å². The lowest BCUT2D eigenvalue weighted by molar-refractivity contribution is -0.124. The third-order valence-electron chi connectivity index (χ3n) is 3.92. The summed E-state index contributed by atoms with van der Waals surface area (Å²) in [6.45, 7) is 0.142. The van der Waals surface area contributed by atoms with E-state index in [4.69, 9.17) is 14.2 Å². The molecule has 0 saturated carbocycles. The van der Waals surface area contributed by atoms with Crippen molar-refractivity contribution in [2.45, 2.75) is 6.54 Å². The quantitative estimate of drug-likeness (QED) is 0.678. The third-order valence-corrected chi connectivity index (χ3v) is 3.92. The first-order valence-corrected chi connectivity index (χ1v) is 7.94. The largest absolute Gasteiger partial charge is 0.454 e. The number of imidazole rings is 1. The lowest BCUT2D eigenvalue weighted by Gasteiger charge is -2.07. The highest BCUT2D eigenvalue weighted by Crippen LogP contribution is 2.32. The number of amides is 1. The molecule has 0 radical (unpaired) electrons. The summed E-state index contributed by atoms with van der Waals surface area (Å²) in [6.07, 6.45) is 1.54. The fourth-order valence-electron chi connectivity index (χ4n) is 2.58. The van der Waals surface area contributed by atoms with E-state index in [1.165, 1.54) is 0 Å². The van der Waals surface area contributed by atoms with Crippen LogP contribution < -0.4 is 14.8 Å². The minimum Gasteiger partial charge on any atom is -0.454 e. The summed E-state index contributed by atoms with van der Waals surface area (Å²) in [5, 5.41) is 2.69. The standard InChI is InChI=1S/C18H15N3O5/c22-17(19-7-11-1-4-15-16(5-11)26-10-25-15)8-24-18(23)12-2-3-13-14(6-12)21-9-20-13/h1-6,9H,7-8,10H2,(H,19,22)(H,20,21). The van der Waals surface area contributed by atoms with Crippen molar-refractivity contribution in [3.63, 3.8) is 0 Å². The minimum atomic E-state index is -0.570. The maximum atomic E-state index is 12.0. The molecule has 1 aromatic heterocycles. The Kier molecular flexibility index (Phi) is 4.14. The van der Waals surface area contributed by atoms with Gasteiger partial charge in [-0.25, -0.2) is 9.78 Å². The first kappa shape index (κ1) is 15.9. The number of aromatic nitrogens is 2. The highest BCUT2D eigenvalue weighted by Gasteiger charge is 2.14. The van der Waals surface area contributed by atoms with Crippen molar-refractivity contribution in [3.8, 4) is 11.5 Å². The van der Waals surface area contributed by atoms with Gasteiger partial charge in [-0.1, -0.05) is 6.07 Å². The molecular formula is C18H15N3O5. The number of carbonyl (C=O) groups is 2. The van der Waals surface area contributed by atoms with Crippen LogP contribution in [0.2, 0.25) is 0 Å². The number of H-pyrrole nitrogens is 1. The zero-order valence-electron chi connectivity index (χ0n) is 13.7. The molecular weight excluding hydrogens is 338 g/mol. The van der Waals surface area contributed by atoms with Gasteiger partial charge in [0.25, 0.3) is 5.91 Å². The van der Waals surface area contributed by atoms with E-state index in [1.54, 1.807) is 36.7 Å². The van der Waals surface area contributed by atoms with Crippen LogP contribution in [0.15, 0.2) is 42.7 Å². The molecule has 8 heteroatoms. The van der Waals surface area contributed by atoms with E-state index < -0.39 is 11.9 Å². The summed E-state index contributed by atoms with van der Waals surface area (Å²) in [5.41, 5.74) is 2.69. The van der Waals surface area contributed by atoms with E-state index in [-0.39, 0.29) is 13.4 Å². The Labute approximate surface area is 148 Å². The molecule has 0 atom stereocenters. The first-order chi connectivity index (χ1) is 12.7. The van der Waals surface area contributed by atoms with Crippen molar-refractivity contribution < 1.29 is 23.8 Å². The van der Waals surface area contributed by atoms with Crippen LogP contribution in [0.3, 0.4) is 0 Å². The molecule has 8 nitrogen and oxygen atoms in total. The summed E-state index contributed by atoms with van der Waals surface area (Å²) >= 11 is 0. The lowest BCUT2D eigenvalue weighted by atomic mass is 10.2. The number of fused-ring (bicyclic) bond motifs is 2. The van der Waals surface area contributed by atoms with Crippen LogP contribution in [0.1, 0.15) is 15.9 Å². The number of nitrogens with zero attached hydrogens (tertiary/aromatic N) is 1. The SMILES string of the molecule is O=C(COC(=O)c1ccc2nc[nH]c2c1)NCc1ccc2c(c1)OCO2. The number of hydrogen-bond donors (Lipinski definition) is 2. The molecule has 2 heterocycles.